The zero-order valence-corrected chi connectivity index (χ0v) is 61.7. The van der Waals surface area contributed by atoms with Gasteiger partial charge in [0.25, 0.3) is 22.9 Å². The number of carboxylic acid groups (broad SMARTS) is 1. The number of carbonyl (C=O) groups is 3. The lowest BCUT2D eigenvalue weighted by molar-refractivity contribution is -0.0610. The Morgan fingerprint density at radius 2 is 1.22 bits per heavy atom. The van der Waals surface area contributed by atoms with Gasteiger partial charge in [-0.15, -0.1) is 0 Å². The van der Waals surface area contributed by atoms with Crippen molar-refractivity contribution in [2.24, 2.45) is 0 Å². The first-order chi connectivity index (χ1) is 53.1. The highest BCUT2D eigenvalue weighted by atomic mass is 32.5. The van der Waals surface area contributed by atoms with Crippen LogP contribution in [0.15, 0.2) is 145 Å². The van der Waals surface area contributed by atoms with Gasteiger partial charge in [-0.2, -0.15) is 0 Å². The van der Waals surface area contributed by atoms with E-state index in [0.717, 1.165) is 6.33 Å². The van der Waals surface area contributed by atoms with Crippen molar-refractivity contribution in [3.8, 4) is 0 Å². The van der Waals surface area contributed by atoms with Gasteiger partial charge in [-0.1, -0.05) is 51.3 Å². The lowest BCUT2D eigenvalue weighted by Gasteiger charge is -2.29. The maximum Gasteiger partial charge on any atom is 0.506 e. The molecule has 592 valence electrons. The minimum absolute atomic E-state index is 0. The third kappa shape index (κ3) is 17.8. The monoisotopic (exact) mass is 1660 g/mol. The number of aliphatic hydroxyl groups excluding tert-OH is 1. The number of anilines is 2. The van der Waals surface area contributed by atoms with E-state index in [1.165, 1.54) is 90.8 Å². The summed E-state index contributed by atoms with van der Waals surface area (Å²) in [5, 5.41) is 25.1. The Hall–Kier alpha value is -9.18. The fraction of sp³-hybridized carbons (Fsp3) is 0.400. The van der Waals surface area contributed by atoms with Gasteiger partial charge >= 0.3 is 26.3 Å². The first-order valence-corrected chi connectivity index (χ1v) is 40.9. The van der Waals surface area contributed by atoms with E-state index < -0.39 is 137 Å². The highest BCUT2D eigenvalue weighted by Gasteiger charge is 2.54. The quantitative estimate of drug-likeness (QED) is 0.0204. The SMILES string of the molecule is C.C.[C-]#[N+]CCOP(=S)(OC[C@@H]1C[C@@H](OC(=O)O)[C@H](n2ccc(=O)n3ccnc23)O1)O[C@H]1[C@H](F)[C@H](n2cnc3c(NC(=O)c4ccccc4)ncnc32)O[C@@H]1CO.[C-]#[N+]CCOP1(=S)OC[C@@H]2C[C@@H](OP(O)(=S)OC[C@H]3O[C@@H](n4cnc5c(NC(=O)c6ccccc6)ncnc54)[C@@H](F)[C@@H]3O1)[C@H](n1ccc(=O)n3ccnc13)O2. The average molecular weight is 1670 g/mol. The number of fused-ring (bicyclic) bond motifs is 7. The molecule has 5 fully saturated rings. The van der Waals surface area contributed by atoms with Crippen LogP contribution in [0.3, 0.4) is 0 Å². The van der Waals surface area contributed by atoms with Gasteiger partial charge in [-0.3, -0.25) is 55.3 Å². The molecule has 3 unspecified atom stereocenters. The van der Waals surface area contributed by atoms with E-state index in [0.29, 0.717) is 11.1 Å². The van der Waals surface area contributed by atoms with Crippen LogP contribution in [0.1, 0.15) is 73.3 Å². The number of alkyl halides is 2. The van der Waals surface area contributed by atoms with Gasteiger partial charge in [-0.25, -0.2) is 66.6 Å². The molecule has 2 amide bonds. The fourth-order valence-electron chi connectivity index (χ4n) is 12.5. The molecule has 5 N–H and O–H groups in total. The van der Waals surface area contributed by atoms with E-state index >= 15 is 8.78 Å². The number of ether oxygens (including phenoxy) is 5. The second-order valence-electron chi connectivity index (χ2n) is 24.4. The summed E-state index contributed by atoms with van der Waals surface area (Å²) in [5.41, 5.74) is 0.569. The van der Waals surface area contributed by atoms with Crippen LogP contribution < -0.4 is 21.8 Å². The van der Waals surface area contributed by atoms with Crippen molar-refractivity contribution in [3.63, 3.8) is 0 Å². The summed E-state index contributed by atoms with van der Waals surface area (Å²) < 4.78 is 118. The standard InChI is InChI=1S/C32H31FN9O11PS.C31H30FN9O10P2S2.2CH4/c1-34-9-12-48-54(55,49-15-19-13-20(52-32(46)47)29(50-19)41-10-7-22(44)40-11-8-35-31(40)41)53-25-21(14-43)51-30(23(25)33)42-17-38-24-26(36-16-37-27(24)42)39-28(45)18-5-3-2-4-6-18;1-33-9-12-45-53(55)47-14-19-13-20(29(48-19)40-10-7-22(42)39-11-8-34-31(39)40)50-52(44,54)46-15-21-25(51-53)23(32)30(49-21)41-17-37-24-26(35-16-36-27(24)41)38-28(43)18-5-3-2-4-6-18;;/h2-8,10-11,16-17,19-21,23,25,29-30,43H,9,12-15H2,(H,46,47)(H,36,37,39,45);2-8,10-11,16-17,19-21,23,25,29-30H,9,12-15H2,(H,44,54)(H,35,36,38,43);2*1H4/t19-,20+,21+,23-,25+,29+,30+,54?;19-,20+,21+,23-,25+,29+,30+,52?,53?;;/m00../s1. The molecule has 0 aliphatic carbocycles. The average Bonchev–Trinajstić information content (AvgIpc) is 1.62. The molecule has 2 aromatic carbocycles. The zero-order valence-electron chi connectivity index (χ0n) is 56.5. The van der Waals surface area contributed by atoms with Crippen LogP contribution in [-0.4, -0.2) is 214 Å². The number of halogens is 2. The number of rotatable bonds is 21. The van der Waals surface area contributed by atoms with E-state index in [9.17, 15) is 39.1 Å². The Bertz CT molecular complexity index is 5430. The molecule has 47 heteroatoms. The predicted molar refractivity (Wildman–Crippen MR) is 399 cm³/mol. The summed E-state index contributed by atoms with van der Waals surface area (Å²) in [5.74, 6) is -0.351. The number of benzene rings is 2. The topological polar surface area (TPSA) is 430 Å². The number of carbonyl (C=O) groups excluding carboxylic acids is 2. The lowest BCUT2D eigenvalue weighted by Crippen LogP contribution is -2.34. The number of hydrogen-bond acceptors (Lipinski definition) is 30. The maximum absolute atomic E-state index is 16.8. The van der Waals surface area contributed by atoms with Crippen LogP contribution in [0.5, 0.6) is 0 Å². The molecule has 5 aliphatic heterocycles. The van der Waals surface area contributed by atoms with Crippen LogP contribution in [0.4, 0.5) is 25.2 Å². The minimum Gasteiger partial charge on any atom is -0.450 e. The summed E-state index contributed by atoms with van der Waals surface area (Å²) in [7, 11) is 0. The summed E-state index contributed by atoms with van der Waals surface area (Å²) >= 11 is 16.8. The summed E-state index contributed by atoms with van der Waals surface area (Å²) in [6.07, 6.45) is -6.21. The number of amides is 2. The van der Waals surface area contributed by atoms with E-state index in [1.807, 2.05) is 0 Å². The molecule has 5 saturated heterocycles. The third-order valence-electron chi connectivity index (χ3n) is 17.5. The molecule has 15 rings (SSSR count). The van der Waals surface area contributed by atoms with Crippen LogP contribution >= 0.6 is 20.2 Å². The lowest BCUT2D eigenvalue weighted by atomic mass is 10.1. The zero-order chi connectivity index (χ0) is 77.0. The van der Waals surface area contributed by atoms with Crippen molar-refractivity contribution in [1.29, 1.82) is 0 Å². The van der Waals surface area contributed by atoms with E-state index in [-0.39, 0.29) is 124 Å². The highest BCUT2D eigenvalue weighted by Crippen LogP contribution is 2.58. The second kappa shape index (κ2) is 35.5. The van der Waals surface area contributed by atoms with Crippen LogP contribution in [0.2, 0.25) is 0 Å². The number of hydrogen-bond donors (Lipinski definition) is 5. The molecule has 0 saturated carbocycles. The Kier molecular flexibility index (Phi) is 26.1. The normalized spacial score (nSPS) is 27.5. The molecule has 0 spiro atoms. The van der Waals surface area contributed by atoms with Crippen LogP contribution in [0, 0.1) is 13.1 Å². The van der Waals surface area contributed by atoms with Gasteiger partial charge in [0, 0.05) is 73.3 Å². The van der Waals surface area contributed by atoms with Gasteiger partial charge in [0.1, 0.15) is 56.4 Å². The molecule has 5 aliphatic rings. The van der Waals surface area contributed by atoms with E-state index in [1.54, 1.807) is 65.2 Å². The molecular formula is C65H69F2N18O21P3S3. The number of aliphatic hydroxyl groups is 1. The molecule has 112 heavy (non-hydrogen) atoms. The smallest absolute Gasteiger partial charge is 0.450 e. The Balaban J connectivity index is 0.000000204. The van der Waals surface area contributed by atoms with Gasteiger partial charge in [0.15, 0.2) is 77.3 Å². The molecule has 39 nitrogen and oxygen atoms in total. The van der Waals surface area contributed by atoms with Crippen molar-refractivity contribution >= 4 is 119 Å². The molecule has 0 radical (unpaired) electrons. The molecule has 17 atom stereocenters. The number of nitrogens with zero attached hydrogens (tertiary/aromatic N) is 16. The fourth-order valence-corrected chi connectivity index (χ4v) is 18.2. The van der Waals surface area contributed by atoms with Crippen molar-refractivity contribution in [2.75, 3.05) is 63.4 Å². The van der Waals surface area contributed by atoms with Crippen molar-refractivity contribution in [1.82, 2.24) is 66.9 Å². The number of aromatic nitrogens is 14. The largest absolute Gasteiger partial charge is 0.506 e. The van der Waals surface area contributed by atoms with Crippen LogP contribution in [-0.2, 0) is 95.3 Å². The molecule has 8 aromatic heterocycles. The first-order valence-electron chi connectivity index (χ1n) is 33.2. The molecule has 13 heterocycles. The number of nitrogens with one attached hydrogen (secondary N) is 2. The van der Waals surface area contributed by atoms with Crippen molar-refractivity contribution in [2.45, 2.75) is 114 Å². The minimum atomic E-state index is -4.11. The number of imidazole rings is 4. The van der Waals surface area contributed by atoms with E-state index in [2.05, 4.69) is 60.2 Å². The predicted octanol–water partition coefficient (Wildman–Crippen LogP) is 7.31. The van der Waals surface area contributed by atoms with E-state index in [4.69, 9.17) is 108 Å². The Morgan fingerprint density at radius 3 is 1.79 bits per heavy atom. The van der Waals surface area contributed by atoms with Gasteiger partial charge in [0.2, 0.25) is 24.6 Å². The van der Waals surface area contributed by atoms with Gasteiger partial charge < -0.3 is 86.3 Å². The van der Waals surface area contributed by atoms with Gasteiger partial charge in [0.05, 0.1) is 51.3 Å². The highest BCUT2D eigenvalue weighted by molar-refractivity contribution is 8.08. The summed E-state index contributed by atoms with van der Waals surface area (Å²) in [6, 6.07) is 19.5. The molecule has 2 bridgehead atoms. The second-order valence-corrected chi connectivity index (χ2v) is 33.1. The molecule has 10 aromatic rings. The van der Waals surface area contributed by atoms with Gasteiger partial charge in [-0.05, 0) is 59.7 Å². The summed E-state index contributed by atoms with van der Waals surface area (Å²) in [4.78, 5) is 114. The van der Waals surface area contributed by atoms with Crippen molar-refractivity contribution in [3.05, 3.63) is 190 Å². The maximum atomic E-state index is 16.8. The third-order valence-corrected chi connectivity index (χ3v) is 23.8. The summed E-state index contributed by atoms with van der Waals surface area (Å²) in [6.45, 7) is -0.0339. The Morgan fingerprint density at radius 1 is 0.652 bits per heavy atom. The molecular weight excluding hydrogens is 1600 g/mol. The first kappa shape index (κ1) is 82.3. The van der Waals surface area contributed by atoms with Crippen molar-refractivity contribution < 1.29 is 98.1 Å². The van der Waals surface area contributed by atoms with Crippen LogP contribution in [0.25, 0.3) is 43.6 Å². The Labute approximate surface area is 648 Å².